The van der Waals surface area contributed by atoms with Gasteiger partial charge in [-0.25, -0.2) is 4.79 Å². The number of halogens is 3. The maximum absolute atomic E-state index is 12.8. The van der Waals surface area contributed by atoms with Crippen LogP contribution in [0.4, 0.5) is 18.0 Å². The lowest BCUT2D eigenvalue weighted by atomic mass is 9.91. The van der Waals surface area contributed by atoms with Crippen LogP contribution in [-0.2, 0) is 0 Å². The average Bonchev–Trinajstić information content (AvgIpc) is 2.45. The van der Waals surface area contributed by atoms with Gasteiger partial charge in [0.25, 0.3) is 0 Å². The summed E-state index contributed by atoms with van der Waals surface area (Å²) in [4.78, 5) is 13.6. The Labute approximate surface area is 139 Å². The number of rotatable bonds is 2. The van der Waals surface area contributed by atoms with Gasteiger partial charge in [-0.2, -0.15) is 13.2 Å². The first-order valence-electron chi connectivity index (χ1n) is 7.94. The molecule has 0 bridgehead atoms. The van der Waals surface area contributed by atoms with Gasteiger partial charge in [0.2, 0.25) is 0 Å². The molecule has 1 aromatic rings. The van der Waals surface area contributed by atoms with Crippen LogP contribution >= 0.6 is 0 Å². The molecule has 1 aliphatic heterocycles. The summed E-state index contributed by atoms with van der Waals surface area (Å²) in [6, 6.07) is 5.30. The first-order chi connectivity index (χ1) is 11.0. The van der Waals surface area contributed by atoms with Gasteiger partial charge in [-0.1, -0.05) is 29.3 Å². The smallest absolute Gasteiger partial charge is 0.380 e. The van der Waals surface area contributed by atoms with E-state index >= 15 is 0 Å². The Morgan fingerprint density at radius 2 is 1.71 bits per heavy atom. The number of benzene rings is 1. The normalized spacial score (nSPS) is 19.0. The van der Waals surface area contributed by atoms with Crippen LogP contribution in [0.3, 0.4) is 0 Å². The van der Waals surface area contributed by atoms with Gasteiger partial charge in [0, 0.05) is 25.9 Å². The maximum atomic E-state index is 12.8. The molecule has 0 spiro atoms. The number of carbonyl (C=O) groups is 1. The van der Waals surface area contributed by atoms with Crippen molar-refractivity contribution in [1.82, 2.24) is 10.2 Å². The van der Waals surface area contributed by atoms with Crippen molar-refractivity contribution in [3.8, 4) is 0 Å². The lowest BCUT2D eigenvalue weighted by Gasteiger charge is -2.39. The number of alkyl halides is 3. The van der Waals surface area contributed by atoms with Crippen LogP contribution < -0.4 is 5.32 Å². The second-order valence-electron chi connectivity index (χ2n) is 6.61. The van der Waals surface area contributed by atoms with Crippen molar-refractivity contribution in [2.45, 2.75) is 51.4 Å². The zero-order chi connectivity index (χ0) is 18.1. The van der Waals surface area contributed by atoms with E-state index in [1.54, 1.807) is 0 Å². The highest BCUT2D eigenvalue weighted by molar-refractivity contribution is 5.74. The van der Waals surface area contributed by atoms with E-state index in [2.05, 4.69) is 5.32 Å². The molecule has 134 valence electrons. The molecule has 0 aliphatic carbocycles. The number of aliphatic hydroxyl groups is 1. The van der Waals surface area contributed by atoms with Gasteiger partial charge in [-0.3, -0.25) is 0 Å². The number of amides is 2. The third-order valence-corrected chi connectivity index (χ3v) is 4.49. The number of hydrogen-bond acceptors (Lipinski definition) is 2. The fourth-order valence-electron chi connectivity index (χ4n) is 2.98. The molecule has 0 saturated carbocycles. The van der Waals surface area contributed by atoms with E-state index in [9.17, 15) is 23.1 Å². The van der Waals surface area contributed by atoms with Crippen molar-refractivity contribution in [2.24, 2.45) is 0 Å². The minimum absolute atomic E-state index is 0.124. The lowest BCUT2D eigenvalue weighted by Crippen LogP contribution is -2.56. The van der Waals surface area contributed by atoms with Crippen LogP contribution in [0.5, 0.6) is 0 Å². The van der Waals surface area contributed by atoms with E-state index < -0.39 is 30.7 Å². The summed E-state index contributed by atoms with van der Waals surface area (Å²) in [5.74, 6) is 0. The first-order valence-corrected chi connectivity index (χ1v) is 7.94. The number of nitrogens with zero attached hydrogens (tertiary/aromatic N) is 1. The minimum atomic E-state index is -4.66. The molecule has 1 aliphatic rings. The van der Waals surface area contributed by atoms with Crippen molar-refractivity contribution in [1.29, 1.82) is 0 Å². The Kier molecular flexibility index (Phi) is 5.13. The second kappa shape index (κ2) is 6.63. The molecule has 4 nitrogen and oxygen atoms in total. The van der Waals surface area contributed by atoms with Crippen molar-refractivity contribution in [2.75, 3.05) is 13.1 Å². The summed E-state index contributed by atoms with van der Waals surface area (Å²) in [5.41, 5.74) is 0.423. The van der Waals surface area contributed by atoms with E-state index in [0.29, 0.717) is 0 Å². The summed E-state index contributed by atoms with van der Waals surface area (Å²) < 4.78 is 38.4. The zero-order valence-electron chi connectivity index (χ0n) is 14.1. The monoisotopic (exact) mass is 344 g/mol. The van der Waals surface area contributed by atoms with Gasteiger partial charge in [0.1, 0.15) is 0 Å². The summed E-state index contributed by atoms with van der Waals surface area (Å²) in [6.07, 6.45) is -5.66. The zero-order valence-corrected chi connectivity index (χ0v) is 14.1. The quantitative estimate of drug-likeness (QED) is 0.863. The molecule has 2 amide bonds. The van der Waals surface area contributed by atoms with Crippen LogP contribution in [0.2, 0.25) is 0 Å². The van der Waals surface area contributed by atoms with Crippen LogP contribution in [0.1, 0.15) is 42.5 Å². The van der Waals surface area contributed by atoms with Crippen molar-refractivity contribution in [3.63, 3.8) is 0 Å². The third-order valence-electron chi connectivity index (χ3n) is 4.49. The summed E-state index contributed by atoms with van der Waals surface area (Å²) in [5, 5.41) is 12.5. The predicted molar refractivity (Wildman–Crippen MR) is 84.7 cm³/mol. The molecule has 1 fully saturated rings. The molecule has 0 aromatic heterocycles. The molecule has 7 heteroatoms. The van der Waals surface area contributed by atoms with Gasteiger partial charge < -0.3 is 15.3 Å². The number of likely N-dealkylation sites (tertiary alicyclic amines) is 1. The lowest BCUT2D eigenvalue weighted by molar-refractivity contribution is -0.271. The van der Waals surface area contributed by atoms with Crippen LogP contribution in [0, 0.1) is 13.8 Å². The second-order valence-corrected chi connectivity index (χ2v) is 6.61. The standard InChI is InChI=1S/C17H23F3N2O2/c1-11-8-12(2)10-14(9-11)13(3)21-15(23)22-6-4-16(24,5-7-22)17(18,19)20/h8-10,13,24H,4-7H2,1-3H3,(H,21,23). The summed E-state index contributed by atoms with van der Waals surface area (Å²) >= 11 is 0. The molecule has 1 unspecified atom stereocenters. The van der Waals surface area contributed by atoms with Crippen LogP contribution in [0.25, 0.3) is 0 Å². The van der Waals surface area contributed by atoms with Gasteiger partial charge in [0.15, 0.2) is 5.60 Å². The van der Waals surface area contributed by atoms with E-state index in [1.165, 1.54) is 4.90 Å². The Bertz CT molecular complexity index is 588. The number of hydrogen-bond donors (Lipinski definition) is 2. The van der Waals surface area contributed by atoms with Crippen LogP contribution in [-0.4, -0.2) is 40.9 Å². The number of carbonyl (C=O) groups excluding carboxylic acids is 1. The Hall–Kier alpha value is -1.76. The van der Waals surface area contributed by atoms with Crippen molar-refractivity contribution < 1.29 is 23.1 Å². The molecular formula is C17H23F3N2O2. The molecular weight excluding hydrogens is 321 g/mol. The van der Waals surface area contributed by atoms with E-state index in [-0.39, 0.29) is 19.1 Å². The third kappa shape index (κ3) is 4.01. The van der Waals surface area contributed by atoms with Crippen LogP contribution in [0.15, 0.2) is 18.2 Å². The highest BCUT2D eigenvalue weighted by Gasteiger charge is 2.54. The summed E-state index contributed by atoms with van der Waals surface area (Å²) in [7, 11) is 0. The molecule has 0 radical (unpaired) electrons. The molecule has 24 heavy (non-hydrogen) atoms. The van der Waals surface area contributed by atoms with E-state index in [4.69, 9.17) is 0 Å². The molecule has 2 N–H and O–H groups in total. The molecule has 1 atom stereocenters. The molecule has 1 heterocycles. The summed E-state index contributed by atoms with van der Waals surface area (Å²) in [6.45, 7) is 5.52. The minimum Gasteiger partial charge on any atom is -0.380 e. The van der Waals surface area contributed by atoms with Gasteiger partial charge in [-0.15, -0.1) is 0 Å². The van der Waals surface area contributed by atoms with Gasteiger partial charge in [0.05, 0.1) is 6.04 Å². The Morgan fingerprint density at radius 3 is 2.17 bits per heavy atom. The van der Waals surface area contributed by atoms with Crippen molar-refractivity contribution in [3.05, 3.63) is 34.9 Å². The number of piperidine rings is 1. The molecule has 1 saturated heterocycles. The topological polar surface area (TPSA) is 52.6 Å². The highest BCUT2D eigenvalue weighted by Crippen LogP contribution is 2.38. The Morgan fingerprint density at radius 1 is 1.21 bits per heavy atom. The fraction of sp³-hybridized carbons (Fsp3) is 0.588. The predicted octanol–water partition coefficient (Wildman–Crippen LogP) is 3.46. The van der Waals surface area contributed by atoms with E-state index in [1.807, 2.05) is 39.0 Å². The fourth-order valence-corrected chi connectivity index (χ4v) is 2.98. The average molecular weight is 344 g/mol. The highest BCUT2D eigenvalue weighted by atomic mass is 19.4. The van der Waals surface area contributed by atoms with E-state index in [0.717, 1.165) is 16.7 Å². The van der Waals surface area contributed by atoms with Gasteiger partial charge in [-0.05, 0) is 26.3 Å². The van der Waals surface area contributed by atoms with Gasteiger partial charge >= 0.3 is 12.2 Å². The molecule has 1 aromatic carbocycles. The maximum Gasteiger partial charge on any atom is 0.417 e. The van der Waals surface area contributed by atoms with Crippen molar-refractivity contribution >= 4 is 6.03 Å². The number of nitrogens with one attached hydrogen (secondary N) is 1. The number of aryl methyl sites for hydroxylation is 2. The largest absolute Gasteiger partial charge is 0.417 e. The number of urea groups is 1. The first kappa shape index (κ1) is 18.6. The molecule has 2 rings (SSSR count). The SMILES string of the molecule is Cc1cc(C)cc(C(C)NC(=O)N2CCC(O)(C(F)(F)F)CC2)c1. The Balaban J connectivity index is 1.96.